The summed E-state index contributed by atoms with van der Waals surface area (Å²) in [4.78, 5) is 25.5. The van der Waals surface area contributed by atoms with Gasteiger partial charge in [-0.2, -0.15) is 4.31 Å². The minimum atomic E-state index is -3.63. The Balaban J connectivity index is 1.41. The van der Waals surface area contributed by atoms with Crippen LogP contribution in [0.2, 0.25) is 0 Å². The van der Waals surface area contributed by atoms with E-state index in [0.717, 1.165) is 10.8 Å². The zero-order valence-corrected chi connectivity index (χ0v) is 20.2. The van der Waals surface area contributed by atoms with E-state index < -0.39 is 28.0 Å². The fraction of sp³-hybridized carbons (Fsp3) is 0.280. The van der Waals surface area contributed by atoms with E-state index in [2.05, 4.69) is 5.32 Å². The number of amides is 1. The van der Waals surface area contributed by atoms with Crippen molar-refractivity contribution in [3.05, 3.63) is 66.2 Å². The molecule has 3 aromatic rings. The summed E-state index contributed by atoms with van der Waals surface area (Å²) in [6, 6.07) is 16.8. The third kappa shape index (κ3) is 5.45. The van der Waals surface area contributed by atoms with E-state index in [0.29, 0.717) is 37.7 Å². The number of hydrogen-bond acceptors (Lipinski definition) is 7. The second-order valence-corrected chi connectivity index (χ2v) is 9.92. The second kappa shape index (κ2) is 10.4. The Morgan fingerprint density at radius 1 is 1.00 bits per heavy atom. The van der Waals surface area contributed by atoms with Crippen LogP contribution < -0.4 is 10.1 Å². The first-order valence-electron chi connectivity index (χ1n) is 11.1. The van der Waals surface area contributed by atoms with Gasteiger partial charge in [0.25, 0.3) is 5.91 Å². The van der Waals surface area contributed by atoms with Gasteiger partial charge in [0, 0.05) is 18.8 Å². The van der Waals surface area contributed by atoms with Crippen LogP contribution in [0.3, 0.4) is 0 Å². The summed E-state index contributed by atoms with van der Waals surface area (Å²) in [5.41, 5.74) is 0.589. The quantitative estimate of drug-likeness (QED) is 0.499. The Hall–Kier alpha value is -3.47. The zero-order chi connectivity index (χ0) is 25.0. The van der Waals surface area contributed by atoms with Gasteiger partial charge in [-0.25, -0.2) is 13.2 Å². The summed E-state index contributed by atoms with van der Waals surface area (Å²) in [5.74, 6) is -0.900. The van der Waals surface area contributed by atoms with Crippen LogP contribution in [-0.2, 0) is 24.3 Å². The number of nitrogens with zero attached hydrogens (tertiary/aromatic N) is 1. The first-order valence-corrected chi connectivity index (χ1v) is 12.5. The molecule has 3 aromatic carbocycles. The first kappa shape index (κ1) is 24.6. The molecule has 0 aliphatic carbocycles. The molecule has 1 fully saturated rings. The van der Waals surface area contributed by atoms with Gasteiger partial charge in [0.1, 0.15) is 11.3 Å². The molecule has 35 heavy (non-hydrogen) atoms. The normalized spacial score (nSPS) is 15.4. The van der Waals surface area contributed by atoms with Gasteiger partial charge in [-0.15, -0.1) is 0 Å². The molecule has 4 rings (SSSR count). The molecule has 9 nitrogen and oxygen atoms in total. The number of anilines is 1. The number of methoxy groups -OCH3 is 1. The molecule has 184 valence electrons. The molecule has 1 aliphatic rings. The van der Waals surface area contributed by atoms with Crippen LogP contribution in [0.1, 0.15) is 17.3 Å². The maximum atomic E-state index is 12.8. The zero-order valence-electron chi connectivity index (χ0n) is 19.4. The number of fused-ring (bicyclic) bond motifs is 1. The summed E-state index contributed by atoms with van der Waals surface area (Å²) in [6.45, 7) is 2.76. The van der Waals surface area contributed by atoms with Gasteiger partial charge in [0.15, 0.2) is 6.10 Å². The molecular weight excluding hydrogens is 472 g/mol. The van der Waals surface area contributed by atoms with Crippen LogP contribution in [-0.4, -0.2) is 64.1 Å². The predicted octanol–water partition coefficient (Wildman–Crippen LogP) is 3.05. The van der Waals surface area contributed by atoms with E-state index in [9.17, 15) is 18.0 Å². The molecular formula is C25H26N2O7S. The van der Waals surface area contributed by atoms with Crippen LogP contribution in [0.4, 0.5) is 5.69 Å². The van der Waals surface area contributed by atoms with Crippen molar-refractivity contribution in [2.45, 2.75) is 17.9 Å². The summed E-state index contributed by atoms with van der Waals surface area (Å²) in [7, 11) is -2.17. The summed E-state index contributed by atoms with van der Waals surface area (Å²) in [6.07, 6.45) is -1.10. The lowest BCUT2D eigenvalue weighted by atomic mass is 10.1. The number of nitrogens with one attached hydrogen (secondary N) is 1. The lowest BCUT2D eigenvalue weighted by molar-refractivity contribution is -0.123. The molecule has 1 atom stereocenters. The van der Waals surface area contributed by atoms with E-state index in [1.54, 1.807) is 12.1 Å². The average molecular weight is 499 g/mol. The molecule has 1 N–H and O–H groups in total. The highest BCUT2D eigenvalue weighted by molar-refractivity contribution is 7.89. The molecule has 0 spiro atoms. The van der Waals surface area contributed by atoms with Crippen LogP contribution in [0.25, 0.3) is 10.8 Å². The number of ether oxygens (including phenoxy) is 3. The third-order valence-electron chi connectivity index (χ3n) is 5.67. The lowest BCUT2D eigenvalue weighted by Gasteiger charge is -2.26. The lowest BCUT2D eigenvalue weighted by Crippen LogP contribution is -2.40. The van der Waals surface area contributed by atoms with Crippen molar-refractivity contribution >= 4 is 38.4 Å². The van der Waals surface area contributed by atoms with E-state index in [1.807, 2.05) is 24.3 Å². The average Bonchev–Trinajstić information content (AvgIpc) is 2.88. The highest BCUT2D eigenvalue weighted by atomic mass is 32.2. The topological polar surface area (TPSA) is 111 Å². The Bertz CT molecular complexity index is 1330. The smallest absolute Gasteiger partial charge is 0.342 e. The van der Waals surface area contributed by atoms with Gasteiger partial charge in [-0.1, -0.05) is 24.3 Å². The minimum Gasteiger partial charge on any atom is -0.496 e. The summed E-state index contributed by atoms with van der Waals surface area (Å²) >= 11 is 0. The monoisotopic (exact) mass is 498 g/mol. The molecule has 0 bridgehead atoms. The highest BCUT2D eigenvalue weighted by Gasteiger charge is 2.26. The van der Waals surface area contributed by atoms with Gasteiger partial charge in [0.05, 0.1) is 25.2 Å². The Morgan fingerprint density at radius 2 is 1.63 bits per heavy atom. The van der Waals surface area contributed by atoms with Gasteiger partial charge in [0.2, 0.25) is 10.0 Å². The second-order valence-electron chi connectivity index (χ2n) is 7.98. The van der Waals surface area contributed by atoms with Crippen molar-refractivity contribution in [3.63, 3.8) is 0 Å². The highest BCUT2D eigenvalue weighted by Crippen LogP contribution is 2.27. The number of esters is 1. The molecule has 0 unspecified atom stereocenters. The number of sulfonamides is 1. The molecule has 10 heteroatoms. The van der Waals surface area contributed by atoms with Crippen molar-refractivity contribution in [1.29, 1.82) is 0 Å². The number of benzene rings is 3. The van der Waals surface area contributed by atoms with Crippen molar-refractivity contribution in [3.8, 4) is 5.75 Å². The summed E-state index contributed by atoms with van der Waals surface area (Å²) < 4.78 is 42.8. The molecule has 1 aliphatic heterocycles. The molecule has 0 saturated carbocycles. The maximum Gasteiger partial charge on any atom is 0.342 e. The fourth-order valence-corrected chi connectivity index (χ4v) is 5.12. The van der Waals surface area contributed by atoms with Gasteiger partial charge < -0.3 is 19.5 Å². The van der Waals surface area contributed by atoms with Gasteiger partial charge in [-0.05, 0) is 54.1 Å². The molecule has 1 saturated heterocycles. The van der Waals surface area contributed by atoms with Crippen LogP contribution in [0.5, 0.6) is 5.75 Å². The van der Waals surface area contributed by atoms with Crippen molar-refractivity contribution in [2.24, 2.45) is 0 Å². The first-order chi connectivity index (χ1) is 16.8. The van der Waals surface area contributed by atoms with E-state index in [1.165, 1.54) is 42.6 Å². The predicted molar refractivity (Wildman–Crippen MR) is 130 cm³/mol. The van der Waals surface area contributed by atoms with E-state index in [4.69, 9.17) is 14.2 Å². The van der Waals surface area contributed by atoms with Crippen LogP contribution >= 0.6 is 0 Å². The van der Waals surface area contributed by atoms with Crippen molar-refractivity contribution in [2.75, 3.05) is 38.7 Å². The molecule has 0 radical (unpaired) electrons. The SMILES string of the molecule is COc1cc2ccccc2cc1C(=O)O[C@@H](C)C(=O)Nc1ccc(S(=O)(=O)N2CCOCC2)cc1. The number of hydrogen-bond donors (Lipinski definition) is 1. The number of carbonyl (C=O) groups is 2. The molecule has 1 heterocycles. The van der Waals surface area contributed by atoms with E-state index in [-0.39, 0.29) is 10.5 Å². The van der Waals surface area contributed by atoms with Crippen molar-refractivity contribution in [1.82, 2.24) is 4.31 Å². The number of morpholine rings is 1. The maximum absolute atomic E-state index is 12.8. The molecule has 1 amide bonds. The standard InChI is InChI=1S/C25H26N2O7S/c1-17(34-25(29)22-15-18-5-3-4-6-19(18)16-23(22)32-2)24(28)26-20-7-9-21(10-8-20)35(30,31)27-11-13-33-14-12-27/h3-10,15-17H,11-14H2,1-2H3,(H,26,28)/t17-/m0/s1. The largest absolute Gasteiger partial charge is 0.496 e. The minimum absolute atomic E-state index is 0.125. The Kier molecular flexibility index (Phi) is 7.34. The van der Waals surface area contributed by atoms with Crippen molar-refractivity contribution < 1.29 is 32.2 Å². The number of rotatable bonds is 7. The van der Waals surface area contributed by atoms with E-state index >= 15 is 0 Å². The summed E-state index contributed by atoms with van der Waals surface area (Å²) in [5, 5.41) is 4.38. The number of carbonyl (C=O) groups excluding carboxylic acids is 2. The Labute approximate surface area is 203 Å². The van der Waals surface area contributed by atoms with Crippen LogP contribution in [0.15, 0.2) is 65.6 Å². The molecule has 0 aromatic heterocycles. The third-order valence-corrected chi connectivity index (χ3v) is 7.58. The Morgan fingerprint density at radius 3 is 2.26 bits per heavy atom. The van der Waals surface area contributed by atoms with Gasteiger partial charge >= 0.3 is 5.97 Å². The fourth-order valence-electron chi connectivity index (χ4n) is 3.72. The van der Waals surface area contributed by atoms with Gasteiger partial charge in [-0.3, -0.25) is 4.79 Å². The van der Waals surface area contributed by atoms with Crippen LogP contribution in [0, 0.1) is 0 Å².